The molecule has 2 fully saturated rings. The van der Waals surface area contributed by atoms with Gasteiger partial charge in [0.1, 0.15) is 6.61 Å². The third kappa shape index (κ3) is 4.14. The number of hydrogen-bond acceptors (Lipinski definition) is 8. The van der Waals surface area contributed by atoms with E-state index in [1.807, 2.05) is 27.7 Å². The van der Waals surface area contributed by atoms with Crippen molar-refractivity contribution in [1.82, 2.24) is 14.9 Å². The fraction of sp³-hybridized carbons (Fsp3) is 0.722. The monoisotopic (exact) mass is 393 g/mol. The second-order valence-corrected chi connectivity index (χ2v) is 8.22. The number of ether oxygens (including phenoxy) is 1. The molecule has 0 aromatic carbocycles. The number of hydrogen-bond donors (Lipinski definition) is 2. The summed E-state index contributed by atoms with van der Waals surface area (Å²) in [5.41, 5.74) is -0.177. The SMILES string of the molecule is CC1(C)OB(c2cnc(OC[C@@H]3CCCN3C(=O)[C@@H](O)CO)nc2)OC1(C)C. The molecule has 0 spiro atoms. The number of aromatic nitrogens is 2. The van der Waals surface area contributed by atoms with Crippen LogP contribution in [0.2, 0.25) is 0 Å². The van der Waals surface area contributed by atoms with Crippen LogP contribution in [-0.4, -0.2) is 81.2 Å². The fourth-order valence-electron chi connectivity index (χ4n) is 3.24. The summed E-state index contributed by atoms with van der Waals surface area (Å²) >= 11 is 0. The second kappa shape index (κ2) is 7.94. The first kappa shape index (κ1) is 21.0. The predicted molar refractivity (Wildman–Crippen MR) is 101 cm³/mol. The van der Waals surface area contributed by atoms with E-state index in [1.54, 1.807) is 17.3 Å². The molecule has 0 radical (unpaired) electrons. The Morgan fingerprint density at radius 2 is 1.93 bits per heavy atom. The lowest BCUT2D eigenvalue weighted by Gasteiger charge is -2.32. The Morgan fingerprint density at radius 3 is 2.50 bits per heavy atom. The first-order valence-electron chi connectivity index (χ1n) is 9.54. The van der Waals surface area contributed by atoms with Gasteiger partial charge >= 0.3 is 13.1 Å². The number of aliphatic hydroxyl groups is 2. The van der Waals surface area contributed by atoms with Crippen LogP contribution in [0.5, 0.6) is 6.01 Å². The summed E-state index contributed by atoms with van der Waals surface area (Å²) in [4.78, 5) is 22.1. The zero-order valence-electron chi connectivity index (χ0n) is 16.8. The van der Waals surface area contributed by atoms with E-state index in [1.165, 1.54) is 0 Å². The summed E-state index contributed by atoms with van der Waals surface area (Å²) in [6, 6.07) is 0.0161. The van der Waals surface area contributed by atoms with Crippen LogP contribution >= 0.6 is 0 Å². The summed E-state index contributed by atoms with van der Waals surface area (Å²) in [6.45, 7) is 8.08. The number of rotatable bonds is 6. The Morgan fingerprint density at radius 1 is 1.32 bits per heavy atom. The van der Waals surface area contributed by atoms with Crippen molar-refractivity contribution in [2.45, 2.75) is 63.9 Å². The maximum Gasteiger partial charge on any atom is 0.498 e. The van der Waals surface area contributed by atoms with Crippen molar-refractivity contribution >= 4 is 18.5 Å². The fourth-order valence-corrected chi connectivity index (χ4v) is 3.24. The standard InChI is InChI=1S/C18H28BN3O6/c1-17(2)18(3,4)28-19(27-17)12-8-20-16(21-9-12)26-11-13-6-5-7-22(13)15(25)14(24)10-23/h8-9,13-14,23-24H,5-7,10-11H2,1-4H3/t13-,14-/m0/s1. The van der Waals surface area contributed by atoms with Gasteiger partial charge < -0.3 is 29.2 Å². The Bertz CT molecular complexity index is 683. The lowest BCUT2D eigenvalue weighted by Crippen LogP contribution is -2.45. The van der Waals surface area contributed by atoms with Crippen molar-refractivity contribution in [3.63, 3.8) is 0 Å². The second-order valence-electron chi connectivity index (χ2n) is 8.22. The Kier molecular flexibility index (Phi) is 5.95. The highest BCUT2D eigenvalue weighted by Gasteiger charge is 2.52. The van der Waals surface area contributed by atoms with Crippen LogP contribution in [0, 0.1) is 0 Å². The largest absolute Gasteiger partial charge is 0.498 e. The van der Waals surface area contributed by atoms with Crippen LogP contribution in [0.4, 0.5) is 0 Å². The number of amides is 1. The van der Waals surface area contributed by atoms with Gasteiger partial charge in [0, 0.05) is 24.4 Å². The molecule has 3 heterocycles. The molecule has 0 unspecified atom stereocenters. The average Bonchev–Trinajstić information content (AvgIpc) is 3.20. The maximum absolute atomic E-state index is 12.1. The molecule has 2 atom stereocenters. The Hall–Kier alpha value is -1.75. The van der Waals surface area contributed by atoms with E-state index in [0.717, 1.165) is 12.8 Å². The summed E-state index contributed by atoms with van der Waals surface area (Å²) in [7, 11) is -0.540. The third-order valence-corrected chi connectivity index (χ3v) is 5.70. The van der Waals surface area contributed by atoms with Crippen molar-refractivity contribution in [3.8, 4) is 6.01 Å². The van der Waals surface area contributed by atoms with E-state index in [0.29, 0.717) is 12.0 Å². The molecule has 1 amide bonds. The van der Waals surface area contributed by atoms with E-state index in [9.17, 15) is 9.90 Å². The minimum Gasteiger partial charge on any atom is -0.461 e. The van der Waals surface area contributed by atoms with Gasteiger partial charge in [-0.25, -0.2) is 9.97 Å². The van der Waals surface area contributed by atoms with Gasteiger partial charge in [0.15, 0.2) is 6.10 Å². The van der Waals surface area contributed by atoms with Crippen LogP contribution in [0.1, 0.15) is 40.5 Å². The highest BCUT2D eigenvalue weighted by Crippen LogP contribution is 2.36. The zero-order chi connectivity index (χ0) is 20.5. The topological polar surface area (TPSA) is 114 Å². The van der Waals surface area contributed by atoms with Crippen molar-refractivity contribution in [2.24, 2.45) is 0 Å². The number of nitrogens with zero attached hydrogens (tertiary/aromatic N) is 3. The van der Waals surface area contributed by atoms with Crippen LogP contribution in [0.15, 0.2) is 12.4 Å². The summed E-state index contributed by atoms with van der Waals surface area (Å²) in [5, 5.41) is 18.5. The van der Waals surface area contributed by atoms with Gasteiger partial charge in [-0.05, 0) is 40.5 Å². The normalized spacial score (nSPS) is 24.4. The van der Waals surface area contributed by atoms with Gasteiger partial charge in [0.25, 0.3) is 5.91 Å². The first-order valence-corrected chi connectivity index (χ1v) is 9.54. The summed E-state index contributed by atoms with van der Waals surface area (Å²) in [5.74, 6) is -0.481. The molecular formula is C18H28BN3O6. The van der Waals surface area contributed by atoms with Crippen LogP contribution in [0.25, 0.3) is 0 Å². The molecule has 154 valence electrons. The molecule has 0 bridgehead atoms. The summed E-state index contributed by atoms with van der Waals surface area (Å²) < 4.78 is 17.6. The molecule has 1 aromatic heterocycles. The van der Waals surface area contributed by atoms with Gasteiger partial charge in [-0.15, -0.1) is 0 Å². The Balaban J connectivity index is 1.57. The van der Waals surface area contributed by atoms with Crippen molar-refractivity contribution < 1.29 is 29.1 Å². The number of carbonyl (C=O) groups excluding carboxylic acids is 1. The molecule has 9 nitrogen and oxygen atoms in total. The van der Waals surface area contributed by atoms with Gasteiger partial charge in [0.05, 0.1) is 23.9 Å². The lowest BCUT2D eigenvalue weighted by molar-refractivity contribution is -0.143. The smallest absolute Gasteiger partial charge is 0.461 e. The highest BCUT2D eigenvalue weighted by atomic mass is 16.7. The van der Waals surface area contributed by atoms with Crippen molar-refractivity contribution in [2.75, 3.05) is 19.8 Å². The van der Waals surface area contributed by atoms with Crippen molar-refractivity contribution in [3.05, 3.63) is 12.4 Å². The molecule has 10 heteroatoms. The molecular weight excluding hydrogens is 365 g/mol. The zero-order valence-corrected chi connectivity index (χ0v) is 16.8. The lowest BCUT2D eigenvalue weighted by atomic mass is 9.81. The molecule has 0 saturated carbocycles. The maximum atomic E-state index is 12.1. The highest BCUT2D eigenvalue weighted by molar-refractivity contribution is 6.61. The van der Waals surface area contributed by atoms with E-state index in [4.69, 9.17) is 19.2 Å². The molecule has 28 heavy (non-hydrogen) atoms. The van der Waals surface area contributed by atoms with Crippen molar-refractivity contribution in [1.29, 1.82) is 0 Å². The molecule has 2 aliphatic heterocycles. The molecule has 1 aromatic rings. The van der Waals surface area contributed by atoms with Crippen LogP contribution in [0.3, 0.4) is 0 Å². The van der Waals surface area contributed by atoms with E-state index in [2.05, 4.69) is 9.97 Å². The van der Waals surface area contributed by atoms with Gasteiger partial charge in [-0.1, -0.05) is 0 Å². The average molecular weight is 393 g/mol. The predicted octanol–water partition coefficient (Wildman–Crippen LogP) is -0.501. The minimum atomic E-state index is -1.39. The quantitative estimate of drug-likeness (QED) is 0.622. The number of aliphatic hydroxyl groups excluding tert-OH is 2. The molecule has 0 aliphatic carbocycles. The number of carbonyl (C=O) groups is 1. The number of likely N-dealkylation sites (tertiary alicyclic amines) is 1. The van der Waals surface area contributed by atoms with Crippen LogP contribution < -0.4 is 10.2 Å². The molecule has 2 saturated heterocycles. The minimum absolute atomic E-state index is 0.180. The van der Waals surface area contributed by atoms with Gasteiger partial charge in [-0.2, -0.15) is 0 Å². The van der Waals surface area contributed by atoms with Gasteiger partial charge in [0.2, 0.25) is 0 Å². The molecule has 3 rings (SSSR count). The van der Waals surface area contributed by atoms with Gasteiger partial charge in [-0.3, -0.25) is 4.79 Å². The molecule has 2 N–H and O–H groups in total. The molecule has 2 aliphatic rings. The van der Waals surface area contributed by atoms with E-state index in [-0.39, 0.29) is 18.7 Å². The van der Waals surface area contributed by atoms with E-state index >= 15 is 0 Å². The van der Waals surface area contributed by atoms with Crippen LogP contribution in [-0.2, 0) is 14.1 Å². The third-order valence-electron chi connectivity index (χ3n) is 5.70. The summed E-state index contributed by atoms with van der Waals surface area (Å²) in [6.07, 6.45) is 3.40. The first-order chi connectivity index (χ1) is 13.1. The Labute approximate surface area is 165 Å². The van der Waals surface area contributed by atoms with E-state index < -0.39 is 36.9 Å².